The van der Waals surface area contributed by atoms with Crippen molar-refractivity contribution in [2.75, 3.05) is 55.4 Å². The first-order valence-electron chi connectivity index (χ1n) is 15.7. The zero-order valence-electron chi connectivity index (χ0n) is 28.2. The van der Waals surface area contributed by atoms with Gasteiger partial charge in [0.05, 0.1) is 24.4 Å². The third kappa shape index (κ3) is 15.0. The van der Waals surface area contributed by atoms with E-state index in [1.165, 1.54) is 13.3 Å². The lowest BCUT2D eigenvalue weighted by Crippen LogP contribution is -2.32. The lowest BCUT2D eigenvalue weighted by atomic mass is 9.92. The van der Waals surface area contributed by atoms with E-state index in [0.29, 0.717) is 36.1 Å². The summed E-state index contributed by atoms with van der Waals surface area (Å²) in [6, 6.07) is 13.2. The van der Waals surface area contributed by atoms with E-state index in [1.54, 1.807) is 0 Å². The number of hydrogen-bond donors (Lipinski definition) is 2. The predicted molar refractivity (Wildman–Crippen MR) is 181 cm³/mol. The Balaban J connectivity index is 2.14. The number of urea groups is 1. The Hall–Kier alpha value is -3.36. The van der Waals surface area contributed by atoms with Gasteiger partial charge in [-0.2, -0.15) is 0 Å². The van der Waals surface area contributed by atoms with Gasteiger partial charge in [0.2, 0.25) is 6.79 Å². The first-order chi connectivity index (χ1) is 21.2. The molecule has 10 nitrogen and oxygen atoms in total. The number of aryl methyl sites for hydroxylation is 1. The molecule has 2 amide bonds. The van der Waals surface area contributed by atoms with Crippen molar-refractivity contribution >= 4 is 42.4 Å². The minimum Gasteiger partial charge on any atom is -0.428 e. The highest BCUT2D eigenvalue weighted by Gasteiger charge is 2.21. The summed E-state index contributed by atoms with van der Waals surface area (Å²) in [5.41, 5.74) is 4.25. The molecule has 1 atom stereocenters. The molecule has 0 bridgehead atoms. The fraction of sp³-hybridized carbons (Fsp3) is 0.559. The molecule has 0 saturated heterocycles. The van der Waals surface area contributed by atoms with Crippen LogP contribution >= 0.6 is 7.37 Å². The Bertz CT molecular complexity index is 1280. The van der Waals surface area contributed by atoms with Gasteiger partial charge in [0.25, 0.3) is 0 Å². The first-order valence-corrected chi connectivity index (χ1v) is 18.2. The second-order valence-corrected chi connectivity index (χ2v) is 15.3. The highest BCUT2D eigenvalue weighted by atomic mass is 31.2. The monoisotopic (exact) mass is 645 g/mol. The molecule has 0 saturated carbocycles. The summed E-state index contributed by atoms with van der Waals surface area (Å²) in [5.74, 6) is -0.382. The first kappa shape index (κ1) is 37.8. The van der Waals surface area contributed by atoms with Crippen LogP contribution in [0.2, 0.25) is 0 Å². The average Bonchev–Trinajstić information content (AvgIpc) is 2.94. The Kier molecular flexibility index (Phi) is 15.6. The smallest absolute Gasteiger partial charge is 0.323 e. The molecule has 0 unspecified atom stereocenters. The number of anilines is 3. The van der Waals surface area contributed by atoms with Crippen LogP contribution in [0, 0.1) is 18.8 Å². The molecule has 0 aliphatic carbocycles. The number of carbonyl (C=O) groups excluding carboxylic acids is 3. The van der Waals surface area contributed by atoms with Crippen molar-refractivity contribution in [2.24, 2.45) is 11.8 Å². The van der Waals surface area contributed by atoms with Crippen LogP contribution < -0.4 is 15.5 Å². The van der Waals surface area contributed by atoms with Crippen molar-refractivity contribution in [1.29, 1.82) is 0 Å². The number of hydrogen-bond acceptors (Lipinski definition) is 8. The number of nitrogens with one attached hydrogen (secondary N) is 2. The van der Waals surface area contributed by atoms with Gasteiger partial charge in [-0.15, -0.1) is 0 Å². The van der Waals surface area contributed by atoms with Crippen LogP contribution in [0.3, 0.4) is 0 Å². The maximum atomic E-state index is 13.1. The Morgan fingerprint density at radius 3 is 2.09 bits per heavy atom. The van der Waals surface area contributed by atoms with E-state index in [9.17, 15) is 18.9 Å². The summed E-state index contributed by atoms with van der Waals surface area (Å²) in [6.45, 7) is 17.0. The van der Waals surface area contributed by atoms with E-state index in [2.05, 4.69) is 43.2 Å². The highest BCUT2D eigenvalue weighted by molar-refractivity contribution is 7.57. The molecule has 0 heterocycles. The number of benzene rings is 2. The maximum Gasteiger partial charge on any atom is 0.323 e. The summed E-state index contributed by atoms with van der Waals surface area (Å²) in [4.78, 5) is 40.1. The van der Waals surface area contributed by atoms with Crippen LogP contribution in [0.1, 0.15) is 77.3 Å². The van der Waals surface area contributed by atoms with E-state index in [4.69, 9.17) is 14.0 Å². The summed E-state index contributed by atoms with van der Waals surface area (Å²) in [5, 5.41) is 5.97. The van der Waals surface area contributed by atoms with E-state index >= 15 is 0 Å². The normalized spacial score (nSPS) is 12.1. The average molecular weight is 646 g/mol. The third-order valence-corrected chi connectivity index (χ3v) is 7.64. The van der Waals surface area contributed by atoms with Crippen molar-refractivity contribution in [2.45, 2.75) is 73.1 Å². The molecule has 2 aromatic carbocycles. The topological polar surface area (TPSA) is 123 Å². The standard InChI is InChI=1S/C34H52N3O7P/c1-9-27(20-33(39)43-23-42-32(38)11-10-18-44-45(7,8)41)28-14-17-31(37(21-24(2)3)22-25(4)5)30(19-28)36-34(40)35-29-15-12-26(6)13-16-29/h12-17,19,24-25,27H,9-11,18,20-23H2,1-8H3,(H2,35,36,40)/t27-/m0/s1. The lowest BCUT2D eigenvalue weighted by Gasteiger charge is -2.31. The molecule has 11 heteroatoms. The van der Waals surface area contributed by atoms with E-state index in [0.717, 1.165) is 29.9 Å². The van der Waals surface area contributed by atoms with Crippen molar-refractivity contribution in [3.05, 3.63) is 53.6 Å². The number of ether oxygens (including phenoxy) is 2. The van der Waals surface area contributed by atoms with Crippen LogP contribution in [0.4, 0.5) is 21.9 Å². The molecule has 2 N–H and O–H groups in total. The molecule has 0 aromatic heterocycles. The molecule has 2 rings (SSSR count). The van der Waals surface area contributed by atoms with Crippen LogP contribution in [-0.2, 0) is 28.2 Å². The third-order valence-electron chi connectivity index (χ3n) is 6.83. The van der Waals surface area contributed by atoms with Crippen LogP contribution in [0.15, 0.2) is 42.5 Å². The minimum absolute atomic E-state index is 0.0688. The van der Waals surface area contributed by atoms with Gasteiger partial charge < -0.3 is 29.5 Å². The molecular weight excluding hydrogens is 593 g/mol. The van der Waals surface area contributed by atoms with Gasteiger partial charge in [-0.05, 0) is 67.3 Å². The number of esters is 2. The van der Waals surface area contributed by atoms with Gasteiger partial charge in [0.1, 0.15) is 0 Å². The SMILES string of the molecule is CC[C@@H](CC(=O)OCOC(=O)CCCOP(C)(C)=O)c1ccc(N(CC(C)C)CC(C)C)c(NC(=O)Nc2ccc(C)cc2)c1. The number of nitrogens with zero attached hydrogens (tertiary/aromatic N) is 1. The fourth-order valence-corrected chi connectivity index (χ4v) is 5.32. The molecular formula is C34H52N3O7P. The van der Waals surface area contributed by atoms with Crippen LogP contribution in [0.25, 0.3) is 0 Å². The van der Waals surface area contributed by atoms with Crippen LogP contribution in [-0.4, -0.2) is 57.8 Å². The van der Waals surface area contributed by atoms with Crippen molar-refractivity contribution in [3.63, 3.8) is 0 Å². The predicted octanol–water partition coefficient (Wildman–Crippen LogP) is 8.02. The van der Waals surface area contributed by atoms with Gasteiger partial charge in [-0.1, -0.05) is 58.4 Å². The molecule has 45 heavy (non-hydrogen) atoms. The molecule has 0 fully saturated rings. The second-order valence-electron chi connectivity index (χ2n) is 12.6. The van der Waals surface area contributed by atoms with Gasteiger partial charge in [0, 0.05) is 38.5 Å². The minimum atomic E-state index is -2.60. The number of rotatable bonds is 18. The summed E-state index contributed by atoms with van der Waals surface area (Å²) in [6.07, 6.45) is 1.17. The summed E-state index contributed by atoms with van der Waals surface area (Å²) < 4.78 is 27.0. The summed E-state index contributed by atoms with van der Waals surface area (Å²) in [7, 11) is -2.60. The van der Waals surface area contributed by atoms with Gasteiger partial charge >= 0.3 is 18.0 Å². The van der Waals surface area contributed by atoms with Gasteiger partial charge in [-0.3, -0.25) is 14.2 Å². The maximum absolute atomic E-state index is 13.1. The molecule has 250 valence electrons. The Morgan fingerprint density at radius 2 is 1.51 bits per heavy atom. The second kappa shape index (κ2) is 18.6. The molecule has 0 aliphatic heterocycles. The van der Waals surface area contributed by atoms with Gasteiger partial charge in [-0.25, -0.2) is 4.79 Å². The molecule has 0 radical (unpaired) electrons. The lowest BCUT2D eigenvalue weighted by molar-refractivity contribution is -0.167. The number of amides is 2. The Morgan fingerprint density at radius 1 is 0.889 bits per heavy atom. The van der Waals surface area contributed by atoms with E-state index in [-0.39, 0.29) is 31.4 Å². The van der Waals surface area contributed by atoms with E-state index in [1.807, 2.05) is 56.3 Å². The zero-order chi connectivity index (χ0) is 33.6. The largest absolute Gasteiger partial charge is 0.428 e. The van der Waals surface area contributed by atoms with Crippen LogP contribution in [0.5, 0.6) is 0 Å². The molecule has 2 aromatic rings. The molecule has 0 spiro atoms. The highest BCUT2D eigenvalue weighted by Crippen LogP contribution is 2.37. The summed E-state index contributed by atoms with van der Waals surface area (Å²) >= 11 is 0. The van der Waals surface area contributed by atoms with Crippen molar-refractivity contribution < 1.29 is 32.9 Å². The Labute approximate surface area is 269 Å². The fourth-order valence-electron chi connectivity index (χ4n) is 4.75. The number of carbonyl (C=O) groups is 3. The van der Waals surface area contributed by atoms with Crippen molar-refractivity contribution in [1.82, 2.24) is 0 Å². The molecule has 0 aliphatic rings. The van der Waals surface area contributed by atoms with Gasteiger partial charge in [0.15, 0.2) is 7.37 Å². The van der Waals surface area contributed by atoms with Crippen molar-refractivity contribution in [3.8, 4) is 0 Å². The van der Waals surface area contributed by atoms with E-state index < -0.39 is 26.1 Å². The quantitative estimate of drug-likeness (QED) is 0.0723. The zero-order valence-corrected chi connectivity index (χ0v) is 29.1.